The number of hydrogen-bond donors (Lipinski definition) is 1. The summed E-state index contributed by atoms with van der Waals surface area (Å²) in [5, 5.41) is 0. The van der Waals surface area contributed by atoms with Crippen LogP contribution in [0.5, 0.6) is 0 Å². The van der Waals surface area contributed by atoms with E-state index in [0.717, 1.165) is 24.9 Å². The van der Waals surface area contributed by atoms with Gasteiger partial charge in [0.25, 0.3) is 0 Å². The van der Waals surface area contributed by atoms with E-state index in [4.69, 9.17) is 10.5 Å². The zero-order valence-corrected chi connectivity index (χ0v) is 13.0. The second-order valence-electron chi connectivity index (χ2n) is 6.13. The molecular formula is C17H26N2O2. The fraction of sp³-hybridized carbons (Fsp3) is 0.588. The molecule has 1 heterocycles. The van der Waals surface area contributed by atoms with Crippen molar-refractivity contribution in [3.63, 3.8) is 0 Å². The average Bonchev–Trinajstić information content (AvgIpc) is 2.53. The van der Waals surface area contributed by atoms with Gasteiger partial charge in [0.2, 0.25) is 5.91 Å². The number of rotatable bonds is 5. The summed E-state index contributed by atoms with van der Waals surface area (Å²) in [5.41, 5.74) is 7.05. The predicted octanol–water partition coefficient (Wildman–Crippen LogP) is 2.49. The van der Waals surface area contributed by atoms with E-state index in [1.165, 1.54) is 0 Å². The Kier molecular flexibility index (Phi) is 5.37. The van der Waals surface area contributed by atoms with Crippen LogP contribution in [0, 0.1) is 0 Å². The first-order valence-electron chi connectivity index (χ1n) is 7.67. The third-order valence-electron chi connectivity index (χ3n) is 4.40. The number of ether oxygens (including phenoxy) is 1. The van der Waals surface area contributed by atoms with Crippen molar-refractivity contribution in [2.75, 3.05) is 20.2 Å². The summed E-state index contributed by atoms with van der Waals surface area (Å²) in [6, 6.07) is 9.88. The minimum absolute atomic E-state index is 0.0752. The molecule has 0 spiro atoms. The lowest BCUT2D eigenvalue weighted by Gasteiger charge is -2.39. The van der Waals surface area contributed by atoms with Gasteiger partial charge in [-0.15, -0.1) is 0 Å². The number of nitrogens with two attached hydrogens (primary N) is 1. The van der Waals surface area contributed by atoms with Crippen LogP contribution in [0.4, 0.5) is 0 Å². The van der Waals surface area contributed by atoms with Crippen LogP contribution in [0.15, 0.2) is 30.3 Å². The van der Waals surface area contributed by atoms with Crippen LogP contribution in [-0.2, 0) is 9.53 Å². The van der Waals surface area contributed by atoms with E-state index in [2.05, 4.69) is 6.92 Å². The van der Waals surface area contributed by atoms with Crippen molar-refractivity contribution in [1.29, 1.82) is 0 Å². The van der Waals surface area contributed by atoms with Crippen LogP contribution in [0.2, 0.25) is 0 Å². The van der Waals surface area contributed by atoms with Crippen molar-refractivity contribution in [3.8, 4) is 0 Å². The van der Waals surface area contributed by atoms with Gasteiger partial charge < -0.3 is 15.4 Å². The van der Waals surface area contributed by atoms with E-state index in [9.17, 15) is 4.79 Å². The Morgan fingerprint density at radius 2 is 2.14 bits per heavy atom. The fourth-order valence-corrected chi connectivity index (χ4v) is 2.89. The first kappa shape index (κ1) is 16.0. The monoisotopic (exact) mass is 290 g/mol. The number of benzene rings is 1. The summed E-state index contributed by atoms with van der Waals surface area (Å²) in [5.74, 6) is 0.185. The molecule has 1 fully saturated rings. The van der Waals surface area contributed by atoms with E-state index < -0.39 is 0 Å². The Balaban J connectivity index is 1.84. The van der Waals surface area contributed by atoms with E-state index in [-0.39, 0.29) is 17.6 Å². The first-order chi connectivity index (χ1) is 10.0. The van der Waals surface area contributed by atoms with Gasteiger partial charge in [-0.25, -0.2) is 0 Å². The van der Waals surface area contributed by atoms with Crippen molar-refractivity contribution >= 4 is 5.91 Å². The summed E-state index contributed by atoms with van der Waals surface area (Å²) >= 11 is 0. The molecule has 0 saturated carbocycles. The molecular weight excluding hydrogens is 264 g/mol. The Labute approximate surface area is 127 Å². The van der Waals surface area contributed by atoms with E-state index in [1.54, 1.807) is 7.11 Å². The molecule has 2 atom stereocenters. The molecule has 2 unspecified atom stereocenters. The quantitative estimate of drug-likeness (QED) is 0.906. The zero-order valence-electron chi connectivity index (χ0n) is 13.0. The van der Waals surface area contributed by atoms with Crippen LogP contribution in [0.3, 0.4) is 0 Å². The standard InChI is InChI=1S/C17H26N2O2/c1-17(21-2)11-6-12-19(13-17)16(20)10-9-15(18)14-7-4-3-5-8-14/h3-5,7-8,15H,6,9-13,18H2,1-2H3. The number of piperidine rings is 1. The molecule has 1 saturated heterocycles. The predicted molar refractivity (Wildman–Crippen MR) is 83.8 cm³/mol. The minimum atomic E-state index is -0.199. The Hall–Kier alpha value is -1.39. The van der Waals surface area contributed by atoms with Crippen molar-refractivity contribution in [2.45, 2.75) is 44.2 Å². The highest BCUT2D eigenvalue weighted by Gasteiger charge is 2.32. The number of nitrogens with zero attached hydrogens (tertiary/aromatic N) is 1. The van der Waals surface area contributed by atoms with E-state index >= 15 is 0 Å². The topological polar surface area (TPSA) is 55.6 Å². The van der Waals surface area contributed by atoms with Gasteiger partial charge in [0.15, 0.2) is 0 Å². The van der Waals surface area contributed by atoms with Gasteiger partial charge in [-0.3, -0.25) is 4.79 Å². The highest BCUT2D eigenvalue weighted by atomic mass is 16.5. The Morgan fingerprint density at radius 1 is 1.43 bits per heavy atom. The number of carbonyl (C=O) groups is 1. The minimum Gasteiger partial charge on any atom is -0.377 e. The molecule has 1 aromatic carbocycles. The van der Waals surface area contributed by atoms with Crippen LogP contribution < -0.4 is 5.73 Å². The van der Waals surface area contributed by atoms with Crippen molar-refractivity contribution in [3.05, 3.63) is 35.9 Å². The van der Waals surface area contributed by atoms with Crippen LogP contribution >= 0.6 is 0 Å². The molecule has 1 aromatic rings. The lowest BCUT2D eigenvalue weighted by molar-refractivity contribution is -0.139. The highest BCUT2D eigenvalue weighted by molar-refractivity contribution is 5.76. The molecule has 116 valence electrons. The summed E-state index contributed by atoms with van der Waals surface area (Å²) in [4.78, 5) is 14.3. The van der Waals surface area contributed by atoms with Gasteiger partial charge in [0.05, 0.1) is 5.60 Å². The molecule has 1 amide bonds. The Morgan fingerprint density at radius 3 is 2.81 bits per heavy atom. The molecule has 0 radical (unpaired) electrons. The molecule has 0 bridgehead atoms. The maximum absolute atomic E-state index is 12.4. The number of carbonyl (C=O) groups excluding carboxylic acids is 1. The molecule has 1 aliphatic heterocycles. The smallest absolute Gasteiger partial charge is 0.222 e. The Bertz CT molecular complexity index is 463. The molecule has 2 rings (SSSR count). The molecule has 0 aliphatic carbocycles. The molecule has 0 aromatic heterocycles. The number of amides is 1. The third-order valence-corrected chi connectivity index (χ3v) is 4.40. The van der Waals surface area contributed by atoms with E-state index in [1.807, 2.05) is 35.2 Å². The van der Waals surface area contributed by atoms with Gasteiger partial charge >= 0.3 is 0 Å². The van der Waals surface area contributed by atoms with Gasteiger partial charge in [0.1, 0.15) is 0 Å². The van der Waals surface area contributed by atoms with Gasteiger partial charge in [-0.2, -0.15) is 0 Å². The summed E-state index contributed by atoms with van der Waals surface area (Å²) < 4.78 is 5.54. The second-order valence-corrected chi connectivity index (χ2v) is 6.13. The van der Waals surface area contributed by atoms with Crippen LogP contribution in [0.25, 0.3) is 0 Å². The van der Waals surface area contributed by atoms with Gasteiger partial charge in [-0.1, -0.05) is 30.3 Å². The maximum Gasteiger partial charge on any atom is 0.222 e. The van der Waals surface area contributed by atoms with Gasteiger partial charge in [0, 0.05) is 32.7 Å². The first-order valence-corrected chi connectivity index (χ1v) is 7.67. The number of likely N-dealkylation sites (tertiary alicyclic amines) is 1. The largest absolute Gasteiger partial charge is 0.377 e. The lowest BCUT2D eigenvalue weighted by atomic mass is 9.94. The third kappa shape index (κ3) is 4.29. The SMILES string of the molecule is COC1(C)CCCN(C(=O)CCC(N)c2ccccc2)C1. The van der Waals surface area contributed by atoms with Crippen molar-refractivity contribution < 1.29 is 9.53 Å². The molecule has 2 N–H and O–H groups in total. The number of hydrogen-bond acceptors (Lipinski definition) is 3. The van der Waals surface area contributed by atoms with Gasteiger partial charge in [-0.05, 0) is 31.7 Å². The molecule has 21 heavy (non-hydrogen) atoms. The second kappa shape index (κ2) is 7.05. The number of methoxy groups -OCH3 is 1. The summed E-state index contributed by atoms with van der Waals surface area (Å²) in [6.07, 6.45) is 3.19. The van der Waals surface area contributed by atoms with E-state index in [0.29, 0.717) is 19.4 Å². The van der Waals surface area contributed by atoms with Crippen molar-refractivity contribution in [1.82, 2.24) is 4.90 Å². The lowest BCUT2D eigenvalue weighted by Crippen LogP contribution is -2.49. The highest BCUT2D eigenvalue weighted by Crippen LogP contribution is 2.25. The zero-order chi connectivity index (χ0) is 15.3. The van der Waals surface area contributed by atoms with Crippen molar-refractivity contribution in [2.24, 2.45) is 5.73 Å². The van der Waals surface area contributed by atoms with Crippen LogP contribution in [-0.4, -0.2) is 36.6 Å². The molecule has 4 nitrogen and oxygen atoms in total. The summed E-state index contributed by atoms with van der Waals surface area (Å²) in [7, 11) is 1.72. The van der Waals surface area contributed by atoms with Crippen LogP contribution in [0.1, 0.15) is 44.2 Å². The maximum atomic E-state index is 12.4. The average molecular weight is 290 g/mol. The normalized spacial score (nSPS) is 23.9. The fourth-order valence-electron chi connectivity index (χ4n) is 2.89. The summed E-state index contributed by atoms with van der Waals surface area (Å²) in [6.45, 7) is 3.59. The molecule has 4 heteroatoms. The molecule has 1 aliphatic rings.